The highest BCUT2D eigenvalue weighted by molar-refractivity contribution is 7.72. The normalized spacial score (nSPS) is 17.4. The second-order valence-corrected chi connectivity index (χ2v) is 14.4. The van der Waals surface area contributed by atoms with Crippen LogP contribution in [0.3, 0.4) is 0 Å². The van der Waals surface area contributed by atoms with Crippen LogP contribution in [0, 0.1) is 0 Å². The number of ether oxygens (including phenoxy) is 1. The van der Waals surface area contributed by atoms with Crippen LogP contribution in [-0.4, -0.2) is 96.6 Å². The second-order valence-electron chi connectivity index (χ2n) is 9.59. The van der Waals surface area contributed by atoms with Gasteiger partial charge >= 0.3 is 21.2 Å². The lowest BCUT2D eigenvalue weighted by Gasteiger charge is -2.38. The summed E-state index contributed by atoms with van der Waals surface area (Å²) in [6.45, 7) is 0.863. The van der Waals surface area contributed by atoms with Crippen LogP contribution in [-0.2, 0) is 29.9 Å². The maximum Gasteiger partial charge on any atom is 0.369 e. The number of halogens is 2. The van der Waals surface area contributed by atoms with Crippen LogP contribution in [0.1, 0.15) is 37.7 Å². The van der Waals surface area contributed by atoms with Crippen molar-refractivity contribution in [3.05, 3.63) is 29.8 Å². The number of rotatable bonds is 15. The van der Waals surface area contributed by atoms with E-state index in [1.54, 1.807) is 0 Å². The van der Waals surface area contributed by atoms with Crippen molar-refractivity contribution < 1.29 is 48.1 Å². The molecule has 1 aliphatic rings. The number of aliphatic hydroxyl groups is 1. The fourth-order valence-corrected chi connectivity index (χ4v) is 7.13. The highest BCUT2D eigenvalue weighted by Crippen LogP contribution is 2.69. The minimum Gasteiger partial charge on any atom is -0.454 e. The highest BCUT2D eigenvalue weighted by Gasteiger charge is 2.59. The molecule has 1 aliphatic heterocycles. The number of anilines is 1. The van der Waals surface area contributed by atoms with E-state index in [9.17, 15) is 43.4 Å². The van der Waals surface area contributed by atoms with Crippen molar-refractivity contribution in [1.29, 1.82) is 0 Å². The number of piperidine rings is 1. The Morgan fingerprint density at radius 3 is 2.17 bits per heavy atom. The molecule has 2 atom stereocenters. The quantitative estimate of drug-likeness (QED) is 0.0909. The molecule has 1 heterocycles. The molecule has 1 amide bonds. The number of hydrogen-bond donors (Lipinski definition) is 6. The number of amides is 1. The van der Waals surface area contributed by atoms with Crippen LogP contribution in [0.25, 0.3) is 0 Å². The van der Waals surface area contributed by atoms with E-state index < -0.39 is 57.3 Å². The summed E-state index contributed by atoms with van der Waals surface area (Å²) in [5.74, 6) is -0.511. The molecule has 1 unspecified atom stereocenters. The Morgan fingerprint density at radius 2 is 1.65 bits per heavy atom. The SMILES string of the molecule is N[C@@H](Cc1ccc(N(CCCl)CCCl)cc1)C(=O)OCC(=O)N1CCCCC1CCC(O)(P(=O)(O)O)P(=O)(O)O. The Bertz CT molecular complexity index is 1060. The van der Waals surface area contributed by atoms with Gasteiger partial charge in [0, 0.05) is 49.5 Å². The Morgan fingerprint density at radius 1 is 1.07 bits per heavy atom. The van der Waals surface area contributed by atoms with Crippen LogP contribution < -0.4 is 10.6 Å². The molecule has 0 aliphatic carbocycles. The van der Waals surface area contributed by atoms with E-state index >= 15 is 0 Å². The molecular weight excluding hydrogens is 611 g/mol. The largest absolute Gasteiger partial charge is 0.454 e. The highest BCUT2D eigenvalue weighted by atomic mass is 35.5. The van der Waals surface area contributed by atoms with Gasteiger partial charge in [-0.1, -0.05) is 12.1 Å². The van der Waals surface area contributed by atoms with Gasteiger partial charge in [-0.2, -0.15) is 0 Å². The zero-order chi connectivity index (χ0) is 30.1. The molecule has 7 N–H and O–H groups in total. The Hall–Kier alpha value is -1.24. The fourth-order valence-electron chi connectivity index (χ4n) is 4.53. The van der Waals surface area contributed by atoms with Gasteiger partial charge in [-0.15, -0.1) is 23.2 Å². The molecule has 1 aromatic carbocycles. The topological polar surface area (TPSA) is 211 Å². The summed E-state index contributed by atoms with van der Waals surface area (Å²) in [7, 11) is -11.2. The molecule has 0 radical (unpaired) electrons. The molecule has 1 fully saturated rings. The maximum absolute atomic E-state index is 12.8. The molecule has 0 bridgehead atoms. The molecule has 2 rings (SSSR count). The van der Waals surface area contributed by atoms with Gasteiger partial charge in [0.2, 0.25) is 0 Å². The van der Waals surface area contributed by atoms with E-state index in [-0.39, 0.29) is 19.4 Å². The monoisotopic (exact) mass is 647 g/mol. The Balaban J connectivity index is 1.95. The van der Waals surface area contributed by atoms with E-state index in [0.717, 1.165) is 11.3 Å². The second kappa shape index (κ2) is 15.3. The number of nitrogens with zero attached hydrogens (tertiary/aromatic N) is 2. The summed E-state index contributed by atoms with van der Waals surface area (Å²) >= 11 is 11.7. The van der Waals surface area contributed by atoms with Gasteiger partial charge in [-0.25, -0.2) is 0 Å². The van der Waals surface area contributed by atoms with Crippen LogP contribution >= 0.6 is 38.4 Å². The Labute approximate surface area is 242 Å². The molecule has 0 aromatic heterocycles. The maximum atomic E-state index is 12.8. The van der Waals surface area contributed by atoms with Crippen molar-refractivity contribution in [2.75, 3.05) is 42.9 Å². The molecular formula is C23H37Cl2N3O10P2. The van der Waals surface area contributed by atoms with Crippen molar-refractivity contribution in [3.63, 3.8) is 0 Å². The molecule has 13 nitrogen and oxygen atoms in total. The number of alkyl halides is 2. The summed E-state index contributed by atoms with van der Waals surface area (Å²) in [6, 6.07) is 5.66. The van der Waals surface area contributed by atoms with Crippen molar-refractivity contribution in [1.82, 2.24) is 4.90 Å². The van der Waals surface area contributed by atoms with Crippen molar-refractivity contribution in [2.45, 2.75) is 55.7 Å². The average Bonchev–Trinajstić information content (AvgIpc) is 2.89. The Kier molecular flexibility index (Phi) is 13.4. The van der Waals surface area contributed by atoms with Gasteiger partial charge in [0.1, 0.15) is 6.04 Å². The number of carbonyl (C=O) groups excluding carboxylic acids is 2. The van der Waals surface area contributed by atoms with E-state index in [0.29, 0.717) is 44.1 Å². The first kappa shape index (κ1) is 35.0. The van der Waals surface area contributed by atoms with Gasteiger partial charge in [-0.05, 0) is 49.8 Å². The molecule has 17 heteroatoms. The number of benzene rings is 1. The van der Waals surface area contributed by atoms with Crippen molar-refractivity contribution in [2.24, 2.45) is 5.73 Å². The van der Waals surface area contributed by atoms with Crippen LogP contribution in [0.15, 0.2) is 24.3 Å². The predicted octanol–water partition coefficient (Wildman–Crippen LogP) is 1.55. The first-order valence-electron chi connectivity index (χ1n) is 12.7. The fraction of sp³-hybridized carbons (Fsp3) is 0.652. The minimum absolute atomic E-state index is 0.161. The van der Waals surface area contributed by atoms with E-state index in [2.05, 4.69) is 0 Å². The molecule has 1 saturated heterocycles. The van der Waals surface area contributed by atoms with Crippen LogP contribution in [0.2, 0.25) is 0 Å². The zero-order valence-corrected chi connectivity index (χ0v) is 25.1. The summed E-state index contributed by atoms with van der Waals surface area (Å²) in [5.41, 5.74) is 7.68. The third-order valence-electron chi connectivity index (χ3n) is 6.80. The lowest BCUT2D eigenvalue weighted by molar-refractivity contribution is -0.154. The number of esters is 1. The smallest absolute Gasteiger partial charge is 0.369 e. The van der Waals surface area contributed by atoms with E-state index in [1.165, 1.54) is 4.90 Å². The predicted molar refractivity (Wildman–Crippen MR) is 150 cm³/mol. The van der Waals surface area contributed by atoms with Gasteiger partial charge in [0.05, 0.1) is 0 Å². The molecule has 40 heavy (non-hydrogen) atoms. The summed E-state index contributed by atoms with van der Waals surface area (Å²) in [6.07, 6.45) is 0.580. The molecule has 0 saturated carbocycles. The molecule has 0 spiro atoms. The van der Waals surface area contributed by atoms with E-state index in [4.69, 9.17) is 33.7 Å². The van der Waals surface area contributed by atoms with Crippen LogP contribution in [0.4, 0.5) is 5.69 Å². The standard InChI is InChI=1S/C23H37Cl2N3O10P2/c24-10-13-27(14-11-25)18-6-4-17(5-7-18)15-20(26)22(30)38-16-21(29)28-12-2-1-3-19(28)8-9-23(31,39(32,33)34)40(35,36)37/h4-7,19-20,31H,1-3,8-16,26H2,(H2,32,33,34)(H2,35,36,37)/t19?,20-/m0/s1. The molecule has 1 aromatic rings. The zero-order valence-electron chi connectivity index (χ0n) is 21.8. The van der Waals surface area contributed by atoms with Gasteiger partial charge in [-0.3, -0.25) is 18.7 Å². The van der Waals surface area contributed by atoms with Crippen LogP contribution in [0.5, 0.6) is 0 Å². The number of nitrogens with two attached hydrogens (primary N) is 1. The number of hydrogen-bond acceptors (Lipinski definition) is 8. The first-order chi connectivity index (χ1) is 18.6. The summed E-state index contributed by atoms with van der Waals surface area (Å²) < 4.78 is 28.4. The van der Waals surface area contributed by atoms with Crippen molar-refractivity contribution >= 4 is 56.0 Å². The summed E-state index contributed by atoms with van der Waals surface area (Å²) in [5, 5.41) is 6.60. The molecule has 228 valence electrons. The summed E-state index contributed by atoms with van der Waals surface area (Å²) in [4.78, 5) is 66.1. The number of carbonyl (C=O) groups is 2. The lowest BCUT2D eigenvalue weighted by atomic mass is 9.98. The first-order valence-corrected chi connectivity index (χ1v) is 16.9. The van der Waals surface area contributed by atoms with E-state index in [1.807, 2.05) is 29.2 Å². The lowest BCUT2D eigenvalue weighted by Crippen LogP contribution is -2.47. The van der Waals surface area contributed by atoms with Gasteiger partial charge in [0.25, 0.3) is 11.0 Å². The third-order valence-corrected chi connectivity index (χ3v) is 11.0. The van der Waals surface area contributed by atoms with Gasteiger partial charge < -0.3 is 45.0 Å². The van der Waals surface area contributed by atoms with Gasteiger partial charge in [0.15, 0.2) is 6.61 Å². The average molecular weight is 648 g/mol. The third kappa shape index (κ3) is 9.39. The minimum atomic E-state index is -5.61. The number of likely N-dealkylation sites (tertiary alicyclic amines) is 1. The van der Waals surface area contributed by atoms with Crippen molar-refractivity contribution in [3.8, 4) is 0 Å².